The first-order valence-corrected chi connectivity index (χ1v) is 6.21. The third kappa shape index (κ3) is 2.74. The highest BCUT2D eigenvalue weighted by atomic mass is 35.5. The molecule has 1 aromatic rings. The van der Waals surface area contributed by atoms with Gasteiger partial charge >= 0.3 is 5.97 Å². The number of hydrogen-bond acceptors (Lipinski definition) is 4. The van der Waals surface area contributed by atoms with Gasteiger partial charge in [0.2, 0.25) is 0 Å². The summed E-state index contributed by atoms with van der Waals surface area (Å²) in [6.45, 7) is 2.09. The summed E-state index contributed by atoms with van der Waals surface area (Å²) in [4.78, 5) is 11.9. The maximum absolute atomic E-state index is 10.7. The number of carboxylic acid groups (broad SMARTS) is 1. The molecule has 0 amide bonds. The van der Waals surface area contributed by atoms with Crippen molar-refractivity contribution in [2.45, 2.75) is 18.5 Å². The van der Waals surface area contributed by atoms with E-state index in [9.17, 15) is 4.79 Å². The van der Waals surface area contributed by atoms with Crippen LogP contribution < -0.4 is 10.6 Å². The normalized spacial score (nSPS) is 18.1. The SMILES string of the molecule is O=C(O)CC1(NCc2ccc(Cl)s2)CNC1. The first kappa shape index (κ1) is 11.9. The van der Waals surface area contributed by atoms with Gasteiger partial charge in [-0.1, -0.05) is 11.6 Å². The monoisotopic (exact) mass is 260 g/mol. The topological polar surface area (TPSA) is 61.4 Å². The Bertz CT molecular complexity index is 390. The average Bonchev–Trinajstić information content (AvgIpc) is 2.55. The van der Waals surface area contributed by atoms with Crippen LogP contribution in [0.15, 0.2) is 12.1 Å². The fourth-order valence-electron chi connectivity index (χ4n) is 1.75. The lowest BCUT2D eigenvalue weighted by molar-refractivity contribution is -0.139. The van der Waals surface area contributed by atoms with Crippen molar-refractivity contribution in [3.8, 4) is 0 Å². The van der Waals surface area contributed by atoms with Crippen molar-refractivity contribution < 1.29 is 9.90 Å². The summed E-state index contributed by atoms with van der Waals surface area (Å²) < 4.78 is 0.760. The minimum Gasteiger partial charge on any atom is -0.481 e. The number of halogens is 1. The molecule has 1 saturated heterocycles. The molecule has 0 atom stereocenters. The van der Waals surface area contributed by atoms with Gasteiger partial charge in [-0.3, -0.25) is 4.79 Å². The molecule has 1 aliphatic rings. The van der Waals surface area contributed by atoms with Crippen molar-refractivity contribution in [2.24, 2.45) is 0 Å². The first-order chi connectivity index (χ1) is 7.60. The Morgan fingerprint density at radius 1 is 1.62 bits per heavy atom. The molecule has 0 bridgehead atoms. The van der Waals surface area contributed by atoms with Crippen LogP contribution in [0.2, 0.25) is 4.34 Å². The second kappa shape index (κ2) is 4.71. The summed E-state index contributed by atoms with van der Waals surface area (Å²) in [5, 5.41) is 15.2. The van der Waals surface area contributed by atoms with E-state index in [-0.39, 0.29) is 12.0 Å². The van der Waals surface area contributed by atoms with Crippen LogP contribution in [0.4, 0.5) is 0 Å². The van der Waals surface area contributed by atoms with Crippen LogP contribution in [0.3, 0.4) is 0 Å². The van der Waals surface area contributed by atoms with Crippen molar-refractivity contribution in [1.82, 2.24) is 10.6 Å². The van der Waals surface area contributed by atoms with Gasteiger partial charge in [-0.15, -0.1) is 11.3 Å². The largest absolute Gasteiger partial charge is 0.481 e. The summed E-state index contributed by atoms with van der Waals surface area (Å²) in [7, 11) is 0. The van der Waals surface area contributed by atoms with Crippen LogP contribution in [-0.4, -0.2) is 29.7 Å². The van der Waals surface area contributed by atoms with E-state index in [1.807, 2.05) is 12.1 Å². The maximum atomic E-state index is 10.7. The van der Waals surface area contributed by atoms with Gasteiger partial charge in [0, 0.05) is 24.5 Å². The number of thiophene rings is 1. The van der Waals surface area contributed by atoms with Crippen molar-refractivity contribution in [3.63, 3.8) is 0 Å². The fourth-order valence-corrected chi connectivity index (χ4v) is 2.78. The van der Waals surface area contributed by atoms with Crippen LogP contribution in [0.5, 0.6) is 0 Å². The minimum absolute atomic E-state index is 0.152. The molecule has 3 N–H and O–H groups in total. The van der Waals surface area contributed by atoms with Crippen LogP contribution >= 0.6 is 22.9 Å². The van der Waals surface area contributed by atoms with E-state index in [0.29, 0.717) is 19.6 Å². The second-order valence-corrected chi connectivity index (χ2v) is 5.81. The average molecular weight is 261 g/mol. The predicted octanol–water partition coefficient (Wildman–Crippen LogP) is 1.31. The van der Waals surface area contributed by atoms with Crippen molar-refractivity contribution >= 4 is 28.9 Å². The molecule has 0 aromatic carbocycles. The Hall–Kier alpha value is -0.620. The van der Waals surface area contributed by atoms with E-state index >= 15 is 0 Å². The van der Waals surface area contributed by atoms with E-state index in [1.54, 1.807) is 0 Å². The van der Waals surface area contributed by atoms with Gasteiger partial charge in [0.1, 0.15) is 0 Å². The van der Waals surface area contributed by atoms with Gasteiger partial charge in [-0.2, -0.15) is 0 Å². The lowest BCUT2D eigenvalue weighted by Crippen LogP contribution is -2.68. The van der Waals surface area contributed by atoms with Crippen LogP contribution in [-0.2, 0) is 11.3 Å². The zero-order chi connectivity index (χ0) is 11.6. The Morgan fingerprint density at radius 2 is 2.38 bits per heavy atom. The highest BCUT2D eigenvalue weighted by Gasteiger charge is 2.38. The lowest BCUT2D eigenvalue weighted by atomic mass is 9.88. The molecule has 88 valence electrons. The second-order valence-electron chi connectivity index (χ2n) is 4.01. The molecule has 2 heterocycles. The molecule has 6 heteroatoms. The standard InChI is InChI=1S/C10H13ClN2O2S/c11-8-2-1-7(16-8)4-13-10(3-9(14)15)5-12-6-10/h1-2,12-13H,3-6H2,(H,14,15). The summed E-state index contributed by atoms with van der Waals surface area (Å²) in [5.41, 5.74) is -0.289. The molecule has 1 aromatic heterocycles. The van der Waals surface area contributed by atoms with Gasteiger partial charge in [-0.05, 0) is 12.1 Å². The Balaban J connectivity index is 1.90. The molecule has 4 nitrogen and oxygen atoms in total. The van der Waals surface area contributed by atoms with Crippen molar-refractivity contribution in [1.29, 1.82) is 0 Å². The molecule has 2 rings (SSSR count). The summed E-state index contributed by atoms with van der Waals surface area (Å²) >= 11 is 7.34. The maximum Gasteiger partial charge on any atom is 0.305 e. The van der Waals surface area contributed by atoms with E-state index in [0.717, 1.165) is 9.21 Å². The molecular weight excluding hydrogens is 248 g/mol. The summed E-state index contributed by atoms with van der Waals surface area (Å²) in [5.74, 6) is -0.766. The van der Waals surface area contributed by atoms with Crippen molar-refractivity contribution in [3.05, 3.63) is 21.3 Å². The molecule has 1 fully saturated rings. The molecule has 16 heavy (non-hydrogen) atoms. The highest BCUT2D eigenvalue weighted by molar-refractivity contribution is 7.16. The van der Waals surface area contributed by atoms with E-state index in [4.69, 9.17) is 16.7 Å². The Labute approximate surface area is 103 Å². The number of carbonyl (C=O) groups is 1. The van der Waals surface area contributed by atoms with Gasteiger partial charge in [0.15, 0.2) is 0 Å². The number of nitrogens with one attached hydrogen (secondary N) is 2. The minimum atomic E-state index is -0.766. The third-order valence-electron chi connectivity index (χ3n) is 2.68. The van der Waals surface area contributed by atoms with Crippen molar-refractivity contribution in [2.75, 3.05) is 13.1 Å². The fraction of sp³-hybridized carbons (Fsp3) is 0.500. The van der Waals surface area contributed by atoms with Gasteiger partial charge in [0.05, 0.1) is 16.3 Å². The molecule has 0 unspecified atom stereocenters. The lowest BCUT2D eigenvalue weighted by Gasteiger charge is -2.42. The molecule has 0 aliphatic carbocycles. The molecule has 0 radical (unpaired) electrons. The Morgan fingerprint density at radius 3 is 2.81 bits per heavy atom. The summed E-state index contributed by atoms with van der Waals surface area (Å²) in [6, 6.07) is 3.81. The van der Waals surface area contributed by atoms with E-state index in [1.165, 1.54) is 11.3 Å². The van der Waals surface area contributed by atoms with Crippen LogP contribution in [0, 0.1) is 0 Å². The van der Waals surface area contributed by atoms with Gasteiger partial charge in [0.25, 0.3) is 0 Å². The smallest absolute Gasteiger partial charge is 0.305 e. The first-order valence-electron chi connectivity index (χ1n) is 5.01. The van der Waals surface area contributed by atoms with Crippen LogP contribution in [0.1, 0.15) is 11.3 Å². The third-order valence-corrected chi connectivity index (χ3v) is 3.91. The number of hydrogen-bond donors (Lipinski definition) is 3. The molecular formula is C10H13ClN2O2S. The van der Waals surface area contributed by atoms with E-state index in [2.05, 4.69) is 10.6 Å². The molecule has 0 saturated carbocycles. The Kier molecular flexibility index (Phi) is 3.49. The number of rotatable bonds is 5. The number of aliphatic carboxylic acids is 1. The van der Waals surface area contributed by atoms with Gasteiger partial charge in [-0.25, -0.2) is 0 Å². The zero-order valence-corrected chi connectivity index (χ0v) is 10.2. The highest BCUT2D eigenvalue weighted by Crippen LogP contribution is 2.23. The van der Waals surface area contributed by atoms with E-state index < -0.39 is 5.97 Å². The molecule has 0 spiro atoms. The summed E-state index contributed by atoms with van der Waals surface area (Å²) in [6.07, 6.45) is 0.152. The number of carboxylic acids is 1. The van der Waals surface area contributed by atoms with Crippen LogP contribution in [0.25, 0.3) is 0 Å². The zero-order valence-electron chi connectivity index (χ0n) is 8.62. The van der Waals surface area contributed by atoms with Gasteiger partial charge < -0.3 is 15.7 Å². The molecule has 1 aliphatic heterocycles. The quantitative estimate of drug-likeness (QED) is 0.747. The predicted molar refractivity (Wildman–Crippen MR) is 64.0 cm³/mol.